The lowest BCUT2D eigenvalue weighted by molar-refractivity contribution is 0.0959. The molecule has 0 saturated heterocycles. The van der Waals surface area contributed by atoms with Crippen LogP contribution >= 0.6 is 11.6 Å². The molecule has 7 nitrogen and oxygen atoms in total. The van der Waals surface area contributed by atoms with Crippen LogP contribution in [0.1, 0.15) is 45.8 Å². The number of halogens is 2. The third-order valence-corrected chi connectivity index (χ3v) is 6.50. The van der Waals surface area contributed by atoms with Crippen molar-refractivity contribution in [2.75, 3.05) is 14.2 Å². The van der Waals surface area contributed by atoms with Gasteiger partial charge in [-0.15, -0.1) is 0 Å². The molecule has 0 spiro atoms. The first-order chi connectivity index (χ1) is 16.2. The van der Waals surface area contributed by atoms with Crippen molar-refractivity contribution in [3.63, 3.8) is 0 Å². The molecular weight excluding hydrogens is 457 g/mol. The Morgan fingerprint density at radius 1 is 1.18 bits per heavy atom. The number of rotatable bonds is 5. The average Bonchev–Trinajstić information content (AvgIpc) is 3.16. The molecule has 0 fully saturated rings. The second-order valence-corrected chi connectivity index (χ2v) is 8.53. The molecule has 1 N–H and O–H groups in total. The van der Waals surface area contributed by atoms with E-state index in [2.05, 4.69) is 15.3 Å². The molecule has 0 aliphatic rings. The molecular formula is C25H25ClFN5O2. The number of ether oxygens (including phenoxy) is 1. The predicted octanol–water partition coefficient (Wildman–Crippen LogP) is 5.19. The lowest BCUT2D eigenvalue weighted by atomic mass is 9.93. The van der Waals surface area contributed by atoms with Crippen LogP contribution in [0.2, 0.25) is 5.02 Å². The van der Waals surface area contributed by atoms with Gasteiger partial charge in [0.05, 0.1) is 35.5 Å². The second-order valence-electron chi connectivity index (χ2n) is 8.12. The van der Waals surface area contributed by atoms with Crippen molar-refractivity contribution < 1.29 is 13.9 Å². The van der Waals surface area contributed by atoms with Gasteiger partial charge in [0.1, 0.15) is 17.9 Å². The van der Waals surface area contributed by atoms with Crippen LogP contribution in [-0.2, 0) is 0 Å². The first-order valence-corrected chi connectivity index (χ1v) is 11.1. The highest BCUT2D eigenvalue weighted by atomic mass is 35.5. The first kappa shape index (κ1) is 23.6. The second kappa shape index (κ2) is 9.02. The Morgan fingerprint density at radius 3 is 2.56 bits per heavy atom. The van der Waals surface area contributed by atoms with Crippen molar-refractivity contribution in [1.29, 1.82) is 0 Å². The minimum Gasteiger partial charge on any atom is -0.496 e. The number of fused-ring (bicyclic) bond motifs is 1. The SMILES string of the molecule is CNC(=O)c1ccc(-c2c(C)c(Cl)cc(C(C)n3nc(C)c4c(C)ncnc43)c2OC)cc1F. The smallest absolute Gasteiger partial charge is 0.253 e. The Bertz CT molecular complexity index is 1430. The van der Waals surface area contributed by atoms with Crippen molar-refractivity contribution >= 4 is 28.5 Å². The van der Waals surface area contributed by atoms with Gasteiger partial charge in [-0.05, 0) is 57.0 Å². The summed E-state index contributed by atoms with van der Waals surface area (Å²) in [5, 5.41) is 8.57. The first-order valence-electron chi connectivity index (χ1n) is 10.7. The van der Waals surface area contributed by atoms with E-state index in [1.165, 1.54) is 25.5 Å². The maximum Gasteiger partial charge on any atom is 0.253 e. The van der Waals surface area contributed by atoms with Crippen molar-refractivity contribution in [3.8, 4) is 16.9 Å². The Balaban J connectivity index is 1.93. The van der Waals surface area contributed by atoms with E-state index in [0.717, 1.165) is 27.9 Å². The van der Waals surface area contributed by atoms with Gasteiger partial charge >= 0.3 is 0 Å². The number of hydrogen-bond acceptors (Lipinski definition) is 5. The highest BCUT2D eigenvalue weighted by molar-refractivity contribution is 6.32. The molecule has 0 saturated carbocycles. The highest BCUT2D eigenvalue weighted by Gasteiger charge is 2.25. The van der Waals surface area contributed by atoms with Crippen LogP contribution in [0.4, 0.5) is 4.39 Å². The van der Waals surface area contributed by atoms with E-state index in [0.29, 0.717) is 27.5 Å². The van der Waals surface area contributed by atoms with Crippen LogP contribution in [0, 0.1) is 26.6 Å². The number of benzene rings is 2. The number of nitrogens with zero attached hydrogens (tertiary/aromatic N) is 4. The van der Waals surface area contributed by atoms with Gasteiger partial charge in [0.25, 0.3) is 5.91 Å². The zero-order chi connectivity index (χ0) is 24.7. The molecule has 4 aromatic rings. The number of carbonyl (C=O) groups excluding carboxylic acids is 1. The molecule has 34 heavy (non-hydrogen) atoms. The van der Waals surface area contributed by atoms with Crippen molar-refractivity contribution in [2.45, 2.75) is 33.7 Å². The molecule has 2 heterocycles. The van der Waals surface area contributed by atoms with Gasteiger partial charge in [0, 0.05) is 23.2 Å². The van der Waals surface area contributed by atoms with Crippen LogP contribution in [0.15, 0.2) is 30.6 Å². The van der Waals surface area contributed by atoms with Gasteiger partial charge in [-0.25, -0.2) is 19.0 Å². The summed E-state index contributed by atoms with van der Waals surface area (Å²) in [6.45, 7) is 7.67. The molecule has 9 heteroatoms. The lowest BCUT2D eigenvalue weighted by Crippen LogP contribution is -2.19. The Hall–Kier alpha value is -3.52. The summed E-state index contributed by atoms with van der Waals surface area (Å²) in [5.74, 6) is -0.575. The molecule has 1 atom stereocenters. The van der Waals surface area contributed by atoms with E-state index in [4.69, 9.17) is 21.4 Å². The number of aromatic nitrogens is 4. The van der Waals surface area contributed by atoms with Crippen LogP contribution in [0.25, 0.3) is 22.2 Å². The van der Waals surface area contributed by atoms with Crippen molar-refractivity contribution in [3.05, 3.63) is 69.5 Å². The van der Waals surface area contributed by atoms with E-state index in [9.17, 15) is 9.18 Å². The van der Waals surface area contributed by atoms with Gasteiger partial charge in [0.15, 0.2) is 5.65 Å². The third-order valence-electron chi connectivity index (χ3n) is 6.11. The Labute approximate surface area is 201 Å². The van der Waals surface area contributed by atoms with Gasteiger partial charge < -0.3 is 10.1 Å². The average molecular weight is 482 g/mol. The summed E-state index contributed by atoms with van der Waals surface area (Å²) in [5.41, 5.74) is 5.05. The molecule has 1 unspecified atom stereocenters. The van der Waals surface area contributed by atoms with E-state index in [1.807, 2.05) is 38.4 Å². The highest BCUT2D eigenvalue weighted by Crippen LogP contribution is 2.43. The fourth-order valence-corrected chi connectivity index (χ4v) is 4.54. The molecule has 0 bridgehead atoms. The lowest BCUT2D eigenvalue weighted by Gasteiger charge is -2.22. The molecule has 0 aliphatic carbocycles. The van der Waals surface area contributed by atoms with Gasteiger partial charge in [-0.3, -0.25) is 4.79 Å². The van der Waals surface area contributed by atoms with Gasteiger partial charge in [-0.1, -0.05) is 17.7 Å². The van der Waals surface area contributed by atoms with Crippen molar-refractivity contribution in [2.24, 2.45) is 0 Å². The zero-order valence-corrected chi connectivity index (χ0v) is 20.6. The normalized spacial score (nSPS) is 12.1. The minimum absolute atomic E-state index is 0.0352. The van der Waals surface area contributed by atoms with Crippen LogP contribution in [0.5, 0.6) is 5.75 Å². The maximum absolute atomic E-state index is 14.8. The summed E-state index contributed by atoms with van der Waals surface area (Å²) in [6.07, 6.45) is 1.52. The summed E-state index contributed by atoms with van der Waals surface area (Å²) in [7, 11) is 3.02. The maximum atomic E-state index is 14.8. The zero-order valence-electron chi connectivity index (χ0n) is 19.8. The van der Waals surface area contributed by atoms with E-state index < -0.39 is 11.7 Å². The topological polar surface area (TPSA) is 81.9 Å². The van der Waals surface area contributed by atoms with E-state index in [1.54, 1.807) is 13.2 Å². The van der Waals surface area contributed by atoms with Crippen LogP contribution in [0.3, 0.4) is 0 Å². The summed E-state index contributed by atoms with van der Waals surface area (Å²) in [4.78, 5) is 20.7. The molecule has 0 aliphatic heterocycles. The largest absolute Gasteiger partial charge is 0.496 e. The molecule has 0 radical (unpaired) electrons. The van der Waals surface area contributed by atoms with Gasteiger partial charge in [0.2, 0.25) is 0 Å². The summed E-state index contributed by atoms with van der Waals surface area (Å²) < 4.78 is 22.5. The minimum atomic E-state index is -0.631. The summed E-state index contributed by atoms with van der Waals surface area (Å²) >= 11 is 6.65. The molecule has 2 aromatic carbocycles. The molecule has 176 valence electrons. The number of methoxy groups -OCH3 is 1. The quantitative estimate of drug-likeness (QED) is 0.424. The number of carbonyl (C=O) groups is 1. The summed E-state index contributed by atoms with van der Waals surface area (Å²) in [6, 6.07) is 6.01. The third kappa shape index (κ3) is 3.77. The van der Waals surface area contributed by atoms with E-state index in [-0.39, 0.29) is 11.6 Å². The number of amides is 1. The van der Waals surface area contributed by atoms with Gasteiger partial charge in [-0.2, -0.15) is 5.10 Å². The van der Waals surface area contributed by atoms with Crippen LogP contribution in [-0.4, -0.2) is 39.8 Å². The molecule has 4 rings (SSSR count). The number of nitrogens with one attached hydrogen (secondary N) is 1. The van der Waals surface area contributed by atoms with Crippen molar-refractivity contribution in [1.82, 2.24) is 25.1 Å². The number of aryl methyl sites for hydroxylation is 2. The number of hydrogen-bond donors (Lipinski definition) is 1. The van der Waals surface area contributed by atoms with E-state index >= 15 is 0 Å². The fraction of sp³-hybridized carbons (Fsp3) is 0.280. The Morgan fingerprint density at radius 2 is 1.91 bits per heavy atom. The van der Waals surface area contributed by atoms with Crippen LogP contribution < -0.4 is 10.1 Å². The molecule has 2 aromatic heterocycles. The monoisotopic (exact) mass is 481 g/mol. The predicted molar refractivity (Wildman–Crippen MR) is 130 cm³/mol. The molecule has 1 amide bonds. The standard InChI is InChI=1S/C25H25ClFN5O2/c1-12-19(26)10-18(15(4)32-24-22(14(3)31-32)13(2)29-11-30-24)23(34-6)21(12)16-7-8-17(20(27)9-16)25(33)28-5/h7-11,15H,1-6H3,(H,28,33). The fourth-order valence-electron chi connectivity index (χ4n) is 4.33. The Kier molecular flexibility index (Phi) is 6.27.